The Kier molecular flexibility index (Phi) is 3.86. The molecule has 3 N–H and O–H groups in total. The number of anilines is 2. The van der Waals surface area contributed by atoms with Crippen LogP contribution in [0.5, 0.6) is 0 Å². The molecule has 0 atom stereocenters. The average molecular weight is 355 g/mol. The molecule has 0 bridgehead atoms. The van der Waals surface area contributed by atoms with Gasteiger partial charge in [0.15, 0.2) is 0 Å². The third kappa shape index (κ3) is 2.70. The molecule has 0 aromatic heterocycles. The molecule has 22 heavy (non-hydrogen) atoms. The molecule has 0 aliphatic heterocycles. The molecule has 0 heterocycles. The van der Waals surface area contributed by atoms with E-state index in [1.165, 1.54) is 0 Å². The molecule has 0 radical (unpaired) electrons. The summed E-state index contributed by atoms with van der Waals surface area (Å²) in [7, 11) is 0. The predicted octanol–water partition coefficient (Wildman–Crippen LogP) is 4.75. The van der Waals surface area contributed by atoms with Crippen LogP contribution in [0.15, 0.2) is 59.1 Å². The molecule has 0 aliphatic rings. The number of carbonyl (C=O) groups excluding carboxylic acids is 1. The lowest BCUT2D eigenvalue weighted by atomic mass is 10.0. The van der Waals surface area contributed by atoms with Crippen molar-refractivity contribution < 1.29 is 4.79 Å². The van der Waals surface area contributed by atoms with E-state index in [0.29, 0.717) is 11.3 Å². The maximum Gasteiger partial charge on any atom is 0.256 e. The summed E-state index contributed by atoms with van der Waals surface area (Å²) >= 11 is 3.52. The van der Waals surface area contributed by atoms with Crippen LogP contribution in [0.25, 0.3) is 10.8 Å². The maximum absolute atomic E-state index is 12.6. The molecule has 0 fully saturated rings. The number of benzene rings is 3. The van der Waals surface area contributed by atoms with Crippen molar-refractivity contribution in [2.75, 3.05) is 11.1 Å². The monoisotopic (exact) mass is 354 g/mol. The van der Waals surface area contributed by atoms with Crippen molar-refractivity contribution in [3.63, 3.8) is 0 Å². The number of nitrogens with two attached hydrogens (primary N) is 1. The van der Waals surface area contributed by atoms with Crippen molar-refractivity contribution in [2.24, 2.45) is 0 Å². The van der Waals surface area contributed by atoms with Crippen molar-refractivity contribution >= 4 is 44.0 Å². The van der Waals surface area contributed by atoms with E-state index in [9.17, 15) is 4.79 Å². The molecule has 1 amide bonds. The highest BCUT2D eigenvalue weighted by Crippen LogP contribution is 2.27. The predicted molar refractivity (Wildman–Crippen MR) is 95.2 cm³/mol. The van der Waals surface area contributed by atoms with E-state index in [0.717, 1.165) is 26.5 Å². The van der Waals surface area contributed by atoms with E-state index in [1.54, 1.807) is 6.07 Å². The smallest absolute Gasteiger partial charge is 0.256 e. The Hall–Kier alpha value is -2.33. The Morgan fingerprint density at radius 3 is 2.55 bits per heavy atom. The summed E-state index contributed by atoms with van der Waals surface area (Å²) in [5.74, 6) is -0.128. The first-order valence-electron chi connectivity index (χ1n) is 6.91. The SMILES string of the molecule is Cc1cc(N)ccc1NC(=O)c1cccc2c(Br)cccc12. The fraction of sp³-hybridized carbons (Fsp3) is 0.0556. The molecule has 0 saturated heterocycles. The summed E-state index contributed by atoms with van der Waals surface area (Å²) in [5, 5.41) is 4.89. The third-order valence-electron chi connectivity index (χ3n) is 3.61. The van der Waals surface area contributed by atoms with E-state index in [1.807, 2.05) is 55.5 Å². The second-order valence-corrected chi connectivity index (χ2v) is 6.02. The van der Waals surface area contributed by atoms with Gasteiger partial charge in [0.25, 0.3) is 5.91 Å². The van der Waals surface area contributed by atoms with Crippen LogP contribution in [0.2, 0.25) is 0 Å². The molecule has 3 rings (SSSR count). The highest BCUT2D eigenvalue weighted by molar-refractivity contribution is 9.10. The number of nitrogen functional groups attached to an aromatic ring is 1. The summed E-state index contributed by atoms with van der Waals surface area (Å²) in [5.41, 5.74) is 8.78. The molecule has 0 saturated carbocycles. The molecular weight excluding hydrogens is 340 g/mol. The number of aryl methyl sites for hydroxylation is 1. The topological polar surface area (TPSA) is 55.1 Å². The highest BCUT2D eigenvalue weighted by atomic mass is 79.9. The van der Waals surface area contributed by atoms with Gasteiger partial charge < -0.3 is 11.1 Å². The van der Waals surface area contributed by atoms with Gasteiger partial charge in [0.2, 0.25) is 0 Å². The summed E-state index contributed by atoms with van der Waals surface area (Å²) < 4.78 is 0.975. The number of amides is 1. The van der Waals surface area contributed by atoms with Gasteiger partial charge in [-0.3, -0.25) is 4.79 Å². The zero-order valence-electron chi connectivity index (χ0n) is 12.1. The van der Waals surface area contributed by atoms with Gasteiger partial charge in [0, 0.05) is 21.4 Å². The number of halogens is 1. The van der Waals surface area contributed by atoms with Crippen LogP contribution < -0.4 is 11.1 Å². The van der Waals surface area contributed by atoms with Gasteiger partial charge in [-0.15, -0.1) is 0 Å². The highest BCUT2D eigenvalue weighted by Gasteiger charge is 2.12. The van der Waals surface area contributed by atoms with Crippen molar-refractivity contribution in [1.29, 1.82) is 0 Å². The number of nitrogens with one attached hydrogen (secondary N) is 1. The van der Waals surface area contributed by atoms with Gasteiger partial charge in [-0.2, -0.15) is 0 Å². The molecule has 3 aromatic carbocycles. The number of carbonyl (C=O) groups is 1. The molecule has 3 aromatic rings. The second-order valence-electron chi connectivity index (χ2n) is 5.17. The number of hydrogen-bond donors (Lipinski definition) is 2. The maximum atomic E-state index is 12.6. The molecule has 4 heteroatoms. The van der Waals surface area contributed by atoms with Crippen LogP contribution in [0.1, 0.15) is 15.9 Å². The Morgan fingerprint density at radius 2 is 1.77 bits per heavy atom. The molecule has 3 nitrogen and oxygen atoms in total. The quantitative estimate of drug-likeness (QED) is 0.652. The van der Waals surface area contributed by atoms with Crippen LogP contribution in [0.4, 0.5) is 11.4 Å². The van der Waals surface area contributed by atoms with Gasteiger partial charge in [0.1, 0.15) is 0 Å². The Balaban J connectivity index is 2.01. The molecule has 0 spiro atoms. The summed E-state index contributed by atoms with van der Waals surface area (Å²) in [6, 6.07) is 17.0. The van der Waals surface area contributed by atoms with E-state index >= 15 is 0 Å². The normalized spacial score (nSPS) is 10.6. The zero-order valence-corrected chi connectivity index (χ0v) is 13.6. The first kappa shape index (κ1) is 14.6. The minimum absolute atomic E-state index is 0.128. The molecule has 110 valence electrons. The van der Waals surface area contributed by atoms with Crippen molar-refractivity contribution in [3.8, 4) is 0 Å². The standard InChI is InChI=1S/C18H15BrN2O/c1-11-10-12(20)8-9-17(11)21-18(22)15-6-2-5-14-13(15)4-3-7-16(14)19/h2-10H,20H2,1H3,(H,21,22). The van der Waals surface area contributed by atoms with Crippen molar-refractivity contribution in [2.45, 2.75) is 6.92 Å². The van der Waals surface area contributed by atoms with Crippen LogP contribution in [-0.2, 0) is 0 Å². The molecule has 0 aliphatic carbocycles. The summed E-state index contributed by atoms with van der Waals surface area (Å²) in [4.78, 5) is 12.6. The third-order valence-corrected chi connectivity index (χ3v) is 4.30. The fourth-order valence-corrected chi connectivity index (χ4v) is 2.98. The zero-order chi connectivity index (χ0) is 15.7. The van der Waals surface area contributed by atoms with E-state index < -0.39 is 0 Å². The van der Waals surface area contributed by atoms with Crippen LogP contribution >= 0.6 is 15.9 Å². The number of rotatable bonds is 2. The van der Waals surface area contributed by atoms with E-state index in [-0.39, 0.29) is 5.91 Å². The van der Waals surface area contributed by atoms with Crippen molar-refractivity contribution in [3.05, 3.63) is 70.2 Å². The minimum Gasteiger partial charge on any atom is -0.399 e. The molecular formula is C18H15BrN2O. The van der Waals surface area contributed by atoms with Crippen LogP contribution in [0, 0.1) is 6.92 Å². The van der Waals surface area contributed by atoms with Crippen LogP contribution in [-0.4, -0.2) is 5.91 Å². The minimum atomic E-state index is -0.128. The number of fused-ring (bicyclic) bond motifs is 1. The van der Waals surface area contributed by atoms with Gasteiger partial charge in [-0.25, -0.2) is 0 Å². The largest absolute Gasteiger partial charge is 0.399 e. The Morgan fingerprint density at radius 1 is 1.05 bits per heavy atom. The lowest BCUT2D eigenvalue weighted by molar-refractivity contribution is 0.102. The summed E-state index contributed by atoms with van der Waals surface area (Å²) in [6.45, 7) is 1.92. The Labute approximate surface area is 137 Å². The first-order valence-corrected chi connectivity index (χ1v) is 7.70. The molecule has 0 unspecified atom stereocenters. The van der Waals surface area contributed by atoms with Crippen LogP contribution in [0.3, 0.4) is 0 Å². The van der Waals surface area contributed by atoms with Gasteiger partial charge in [0.05, 0.1) is 0 Å². The Bertz CT molecular complexity index is 874. The second kappa shape index (κ2) is 5.81. The van der Waals surface area contributed by atoms with E-state index in [4.69, 9.17) is 5.73 Å². The average Bonchev–Trinajstić information content (AvgIpc) is 2.50. The first-order chi connectivity index (χ1) is 10.6. The fourth-order valence-electron chi connectivity index (χ4n) is 2.49. The summed E-state index contributed by atoms with van der Waals surface area (Å²) in [6.07, 6.45) is 0. The van der Waals surface area contributed by atoms with Crippen molar-refractivity contribution in [1.82, 2.24) is 0 Å². The lowest BCUT2D eigenvalue weighted by Crippen LogP contribution is -2.13. The van der Waals surface area contributed by atoms with E-state index in [2.05, 4.69) is 21.2 Å². The lowest BCUT2D eigenvalue weighted by Gasteiger charge is -2.11. The van der Waals surface area contributed by atoms with Gasteiger partial charge >= 0.3 is 0 Å². The van der Waals surface area contributed by atoms with Gasteiger partial charge in [-0.1, -0.05) is 40.2 Å². The van der Waals surface area contributed by atoms with Gasteiger partial charge in [-0.05, 0) is 53.6 Å². The number of hydrogen-bond acceptors (Lipinski definition) is 2.